The fourth-order valence-electron chi connectivity index (χ4n) is 2.55. The average molecular weight is 432 g/mol. The zero-order valence-electron chi connectivity index (χ0n) is 14.5. The molecule has 0 radical (unpaired) electrons. The SMILES string of the molecule is Clc1cc(Cl)c(-c2nc(NCCNc3ccccn3)ncc2-n2ccnc2)s1. The predicted molar refractivity (Wildman–Crippen MR) is 114 cm³/mol. The first kappa shape index (κ1) is 18.7. The van der Waals surface area contributed by atoms with Crippen molar-refractivity contribution in [2.75, 3.05) is 23.7 Å². The molecule has 0 fully saturated rings. The van der Waals surface area contributed by atoms with Gasteiger partial charge in [0.15, 0.2) is 0 Å². The topological polar surface area (TPSA) is 80.5 Å². The highest BCUT2D eigenvalue weighted by molar-refractivity contribution is 7.20. The van der Waals surface area contributed by atoms with E-state index in [1.54, 1.807) is 31.0 Å². The van der Waals surface area contributed by atoms with Crippen molar-refractivity contribution in [1.82, 2.24) is 24.5 Å². The Morgan fingerprint density at radius 1 is 1.07 bits per heavy atom. The minimum Gasteiger partial charge on any atom is -0.368 e. The summed E-state index contributed by atoms with van der Waals surface area (Å²) >= 11 is 13.9. The summed E-state index contributed by atoms with van der Waals surface area (Å²) in [7, 11) is 0. The summed E-state index contributed by atoms with van der Waals surface area (Å²) < 4.78 is 2.44. The number of aromatic nitrogens is 5. The number of hydrogen-bond acceptors (Lipinski definition) is 7. The minimum absolute atomic E-state index is 0.502. The number of imidazole rings is 1. The highest BCUT2D eigenvalue weighted by atomic mass is 35.5. The smallest absolute Gasteiger partial charge is 0.223 e. The van der Waals surface area contributed by atoms with E-state index in [9.17, 15) is 0 Å². The molecule has 0 aliphatic rings. The van der Waals surface area contributed by atoms with Gasteiger partial charge < -0.3 is 15.2 Å². The number of thiophene rings is 1. The molecule has 4 aromatic heterocycles. The molecule has 0 aliphatic carbocycles. The molecular weight excluding hydrogens is 417 g/mol. The number of anilines is 2. The first-order chi connectivity index (χ1) is 13.7. The van der Waals surface area contributed by atoms with Gasteiger partial charge in [0.1, 0.15) is 11.5 Å². The van der Waals surface area contributed by atoms with Gasteiger partial charge in [-0.15, -0.1) is 11.3 Å². The molecule has 4 aromatic rings. The van der Waals surface area contributed by atoms with E-state index in [2.05, 4.69) is 30.6 Å². The summed E-state index contributed by atoms with van der Waals surface area (Å²) in [6.45, 7) is 1.30. The van der Waals surface area contributed by atoms with Crippen LogP contribution in [-0.2, 0) is 0 Å². The number of nitrogens with zero attached hydrogens (tertiary/aromatic N) is 5. The van der Waals surface area contributed by atoms with Gasteiger partial charge in [-0.3, -0.25) is 0 Å². The molecule has 0 amide bonds. The molecule has 142 valence electrons. The molecule has 0 bridgehead atoms. The molecule has 0 aliphatic heterocycles. The van der Waals surface area contributed by atoms with Crippen LogP contribution in [-0.4, -0.2) is 37.6 Å². The van der Waals surface area contributed by atoms with Crippen molar-refractivity contribution >= 4 is 46.3 Å². The largest absolute Gasteiger partial charge is 0.368 e. The second kappa shape index (κ2) is 8.55. The van der Waals surface area contributed by atoms with Crippen LogP contribution >= 0.6 is 34.5 Å². The highest BCUT2D eigenvalue weighted by Gasteiger charge is 2.17. The molecule has 4 rings (SSSR count). The molecule has 2 N–H and O–H groups in total. The third-order valence-electron chi connectivity index (χ3n) is 3.80. The second-order valence-electron chi connectivity index (χ2n) is 5.69. The van der Waals surface area contributed by atoms with Crippen molar-refractivity contribution in [2.45, 2.75) is 0 Å². The lowest BCUT2D eigenvalue weighted by molar-refractivity contribution is 0.986. The number of pyridine rings is 1. The highest BCUT2D eigenvalue weighted by Crippen LogP contribution is 2.40. The lowest BCUT2D eigenvalue weighted by atomic mass is 10.3. The van der Waals surface area contributed by atoms with Crippen LogP contribution < -0.4 is 10.6 Å². The van der Waals surface area contributed by atoms with Crippen LogP contribution in [0.15, 0.2) is 55.4 Å². The Hall–Kier alpha value is -2.68. The molecule has 0 saturated carbocycles. The molecule has 0 unspecified atom stereocenters. The van der Waals surface area contributed by atoms with Gasteiger partial charge in [0.2, 0.25) is 5.95 Å². The molecule has 0 aromatic carbocycles. The first-order valence-corrected chi connectivity index (χ1v) is 9.97. The average Bonchev–Trinajstić information content (AvgIpc) is 3.35. The quantitative estimate of drug-likeness (QED) is 0.415. The normalized spacial score (nSPS) is 10.8. The van der Waals surface area contributed by atoms with Crippen molar-refractivity contribution in [2.24, 2.45) is 0 Å². The summed E-state index contributed by atoms with van der Waals surface area (Å²) in [5, 5.41) is 7.00. The molecule has 10 heteroatoms. The fourth-order valence-corrected chi connectivity index (χ4v) is 4.10. The maximum Gasteiger partial charge on any atom is 0.223 e. The summed E-state index contributed by atoms with van der Waals surface area (Å²) in [6.07, 6.45) is 8.70. The van der Waals surface area contributed by atoms with Crippen molar-refractivity contribution < 1.29 is 0 Å². The minimum atomic E-state index is 0.502. The summed E-state index contributed by atoms with van der Waals surface area (Å²) in [4.78, 5) is 18.2. The zero-order chi connectivity index (χ0) is 19.3. The number of halogens is 2. The van der Waals surface area contributed by atoms with Gasteiger partial charge in [-0.1, -0.05) is 29.3 Å². The summed E-state index contributed by atoms with van der Waals surface area (Å²) in [6, 6.07) is 7.44. The van der Waals surface area contributed by atoms with E-state index in [1.165, 1.54) is 11.3 Å². The van der Waals surface area contributed by atoms with E-state index in [0.29, 0.717) is 34.1 Å². The van der Waals surface area contributed by atoms with E-state index in [-0.39, 0.29) is 0 Å². The van der Waals surface area contributed by atoms with Gasteiger partial charge in [-0.25, -0.2) is 19.9 Å². The number of rotatable bonds is 7. The van der Waals surface area contributed by atoms with E-state index >= 15 is 0 Å². The van der Waals surface area contributed by atoms with Crippen LogP contribution in [0.2, 0.25) is 9.36 Å². The molecular formula is C18H15Cl2N7S. The van der Waals surface area contributed by atoms with Crippen molar-refractivity contribution in [3.05, 3.63) is 64.7 Å². The third-order valence-corrected chi connectivity index (χ3v) is 5.48. The Bertz CT molecular complexity index is 1050. The molecule has 4 heterocycles. The number of nitrogens with one attached hydrogen (secondary N) is 2. The predicted octanol–water partition coefficient (Wildman–Crippen LogP) is 4.62. The molecule has 0 atom stereocenters. The van der Waals surface area contributed by atoms with E-state index in [1.807, 2.05) is 29.0 Å². The van der Waals surface area contributed by atoms with Crippen LogP contribution in [0.1, 0.15) is 0 Å². The van der Waals surface area contributed by atoms with Crippen LogP contribution in [0.25, 0.3) is 16.3 Å². The van der Waals surface area contributed by atoms with Gasteiger partial charge >= 0.3 is 0 Å². The first-order valence-electron chi connectivity index (χ1n) is 8.40. The molecule has 28 heavy (non-hydrogen) atoms. The van der Waals surface area contributed by atoms with Crippen LogP contribution in [0, 0.1) is 0 Å². The Labute approximate surface area is 175 Å². The van der Waals surface area contributed by atoms with Crippen LogP contribution in [0.4, 0.5) is 11.8 Å². The van der Waals surface area contributed by atoms with Crippen molar-refractivity contribution in [3.63, 3.8) is 0 Å². The second-order valence-corrected chi connectivity index (χ2v) is 7.78. The lowest BCUT2D eigenvalue weighted by Gasteiger charge is -2.11. The lowest BCUT2D eigenvalue weighted by Crippen LogP contribution is -2.16. The Morgan fingerprint density at radius 2 is 1.96 bits per heavy atom. The fraction of sp³-hybridized carbons (Fsp3) is 0.111. The Morgan fingerprint density at radius 3 is 2.68 bits per heavy atom. The standard InChI is InChI=1S/C18H15Cl2N7S/c19-12-9-14(20)28-17(12)16-13(27-8-7-21-11-27)10-25-18(26-16)24-6-5-23-15-3-1-2-4-22-15/h1-4,7-11H,5-6H2,(H,22,23)(H,24,25,26). The maximum absolute atomic E-state index is 6.36. The van der Waals surface area contributed by atoms with E-state index in [0.717, 1.165) is 16.4 Å². The van der Waals surface area contributed by atoms with E-state index < -0.39 is 0 Å². The zero-order valence-corrected chi connectivity index (χ0v) is 16.8. The monoisotopic (exact) mass is 431 g/mol. The number of hydrogen-bond donors (Lipinski definition) is 2. The van der Waals surface area contributed by atoms with E-state index in [4.69, 9.17) is 23.2 Å². The summed E-state index contributed by atoms with van der Waals surface area (Å²) in [5.74, 6) is 1.32. The third kappa shape index (κ3) is 4.24. The van der Waals surface area contributed by atoms with Gasteiger partial charge in [0.05, 0.1) is 32.4 Å². The molecule has 0 spiro atoms. The van der Waals surface area contributed by atoms with Crippen LogP contribution in [0.3, 0.4) is 0 Å². The molecule has 0 saturated heterocycles. The van der Waals surface area contributed by atoms with Crippen molar-refractivity contribution in [3.8, 4) is 16.3 Å². The maximum atomic E-state index is 6.36. The van der Waals surface area contributed by atoms with Gasteiger partial charge in [-0.05, 0) is 18.2 Å². The van der Waals surface area contributed by atoms with Gasteiger partial charge in [0, 0.05) is 31.7 Å². The van der Waals surface area contributed by atoms with Gasteiger partial charge in [0.25, 0.3) is 0 Å². The van der Waals surface area contributed by atoms with Crippen molar-refractivity contribution in [1.29, 1.82) is 0 Å². The summed E-state index contributed by atoms with van der Waals surface area (Å²) in [5.41, 5.74) is 1.46. The van der Waals surface area contributed by atoms with Crippen LogP contribution in [0.5, 0.6) is 0 Å². The Kier molecular flexibility index (Phi) is 5.70. The van der Waals surface area contributed by atoms with Gasteiger partial charge in [-0.2, -0.15) is 0 Å². The molecule has 7 nitrogen and oxygen atoms in total. The Balaban J connectivity index is 1.54.